The Bertz CT molecular complexity index is 140. The van der Waals surface area contributed by atoms with E-state index in [0.29, 0.717) is 13.2 Å². The minimum absolute atomic E-state index is 0.0329. The molecule has 1 unspecified atom stereocenters. The molecule has 13 heavy (non-hydrogen) atoms. The molecule has 0 spiro atoms. The van der Waals surface area contributed by atoms with Crippen molar-refractivity contribution in [3.8, 4) is 0 Å². The third-order valence-electron chi connectivity index (χ3n) is 1.70. The van der Waals surface area contributed by atoms with Gasteiger partial charge in [0.05, 0.1) is 12.6 Å². The molecule has 0 aromatic carbocycles. The van der Waals surface area contributed by atoms with Gasteiger partial charge in [0.25, 0.3) is 0 Å². The second-order valence-electron chi connectivity index (χ2n) is 2.96. The molecule has 0 fully saturated rings. The summed E-state index contributed by atoms with van der Waals surface area (Å²) in [5, 5.41) is 5.87. The Kier molecular flexibility index (Phi) is 7.63. The molecule has 0 saturated carbocycles. The summed E-state index contributed by atoms with van der Waals surface area (Å²) in [4.78, 5) is 11.3. The van der Waals surface area contributed by atoms with Crippen LogP contribution in [0.2, 0.25) is 0 Å². The van der Waals surface area contributed by atoms with Crippen LogP contribution in [0.1, 0.15) is 20.3 Å². The van der Waals surface area contributed by atoms with E-state index in [9.17, 15) is 4.79 Å². The van der Waals surface area contributed by atoms with Crippen molar-refractivity contribution < 1.29 is 9.53 Å². The van der Waals surface area contributed by atoms with Crippen LogP contribution in [0.15, 0.2) is 0 Å². The number of hydrogen-bond donors (Lipinski definition) is 2. The molecule has 0 aromatic heterocycles. The lowest BCUT2D eigenvalue weighted by molar-refractivity contribution is -0.122. The summed E-state index contributed by atoms with van der Waals surface area (Å²) in [5.41, 5.74) is 0. The molecule has 4 heteroatoms. The summed E-state index contributed by atoms with van der Waals surface area (Å²) in [6, 6.07) is -0.114. The Hall–Kier alpha value is -0.610. The van der Waals surface area contributed by atoms with Crippen LogP contribution in [0.3, 0.4) is 0 Å². The van der Waals surface area contributed by atoms with E-state index in [1.807, 2.05) is 6.92 Å². The number of methoxy groups -OCH3 is 1. The number of amides is 1. The highest BCUT2D eigenvalue weighted by Crippen LogP contribution is 1.82. The molecular weight excluding hydrogens is 168 g/mol. The highest BCUT2D eigenvalue weighted by Gasteiger charge is 2.09. The molecule has 0 aliphatic heterocycles. The second kappa shape index (κ2) is 8.01. The monoisotopic (exact) mass is 188 g/mol. The van der Waals surface area contributed by atoms with Crippen LogP contribution in [0, 0.1) is 0 Å². The molecule has 1 atom stereocenters. The predicted octanol–water partition coefficient (Wildman–Crippen LogP) is 0.137. The van der Waals surface area contributed by atoms with Crippen LogP contribution in [0.25, 0.3) is 0 Å². The number of nitrogens with one attached hydrogen (secondary N) is 2. The first kappa shape index (κ1) is 12.4. The Morgan fingerprint density at radius 1 is 1.46 bits per heavy atom. The lowest BCUT2D eigenvalue weighted by Crippen LogP contribution is -2.43. The lowest BCUT2D eigenvalue weighted by atomic mass is 10.3. The Morgan fingerprint density at radius 2 is 2.15 bits per heavy atom. The molecule has 4 nitrogen and oxygen atoms in total. The van der Waals surface area contributed by atoms with Gasteiger partial charge in [-0.05, 0) is 19.9 Å². The van der Waals surface area contributed by atoms with Crippen molar-refractivity contribution in [2.45, 2.75) is 26.3 Å². The normalized spacial score (nSPS) is 12.5. The topological polar surface area (TPSA) is 50.4 Å². The number of carbonyl (C=O) groups excluding carboxylic acids is 1. The molecule has 0 aromatic rings. The highest BCUT2D eigenvalue weighted by atomic mass is 16.5. The highest BCUT2D eigenvalue weighted by molar-refractivity contribution is 5.81. The third kappa shape index (κ3) is 6.54. The Labute approximate surface area is 80.0 Å². The summed E-state index contributed by atoms with van der Waals surface area (Å²) < 4.78 is 4.82. The average molecular weight is 188 g/mol. The van der Waals surface area contributed by atoms with Crippen molar-refractivity contribution in [3.05, 3.63) is 0 Å². The Morgan fingerprint density at radius 3 is 2.69 bits per heavy atom. The van der Waals surface area contributed by atoms with Gasteiger partial charge in [0.1, 0.15) is 0 Å². The van der Waals surface area contributed by atoms with Gasteiger partial charge in [-0.25, -0.2) is 0 Å². The molecule has 0 aliphatic carbocycles. The summed E-state index contributed by atoms with van der Waals surface area (Å²) in [6.45, 7) is 5.94. The third-order valence-corrected chi connectivity index (χ3v) is 1.70. The summed E-state index contributed by atoms with van der Waals surface area (Å²) in [5.74, 6) is 0.0329. The van der Waals surface area contributed by atoms with E-state index in [2.05, 4.69) is 17.6 Å². The quantitative estimate of drug-likeness (QED) is 0.559. The van der Waals surface area contributed by atoms with E-state index in [-0.39, 0.29) is 11.9 Å². The van der Waals surface area contributed by atoms with Gasteiger partial charge in [0.15, 0.2) is 0 Å². The van der Waals surface area contributed by atoms with Crippen molar-refractivity contribution in [2.75, 3.05) is 26.8 Å². The molecular formula is C9H20N2O2. The maximum absolute atomic E-state index is 11.3. The first-order valence-corrected chi connectivity index (χ1v) is 4.72. The van der Waals surface area contributed by atoms with E-state index in [0.717, 1.165) is 13.0 Å². The van der Waals surface area contributed by atoms with Crippen molar-refractivity contribution in [1.82, 2.24) is 10.6 Å². The molecule has 0 aliphatic rings. The van der Waals surface area contributed by atoms with Crippen molar-refractivity contribution >= 4 is 5.91 Å². The molecule has 0 rings (SSSR count). The number of carbonyl (C=O) groups is 1. The van der Waals surface area contributed by atoms with Crippen LogP contribution < -0.4 is 10.6 Å². The SMILES string of the molecule is CCCNC(C)C(=O)NCCOC. The minimum Gasteiger partial charge on any atom is -0.383 e. The molecule has 0 radical (unpaired) electrons. The zero-order chi connectivity index (χ0) is 10.1. The standard InChI is InChI=1S/C9H20N2O2/c1-4-5-10-8(2)9(12)11-6-7-13-3/h8,10H,4-7H2,1-3H3,(H,11,12). The maximum Gasteiger partial charge on any atom is 0.236 e. The van der Waals surface area contributed by atoms with Crippen LogP contribution >= 0.6 is 0 Å². The van der Waals surface area contributed by atoms with Crippen LogP contribution in [-0.2, 0) is 9.53 Å². The zero-order valence-electron chi connectivity index (χ0n) is 8.72. The summed E-state index contributed by atoms with van der Waals surface area (Å²) in [7, 11) is 1.62. The van der Waals surface area contributed by atoms with Gasteiger partial charge in [-0.2, -0.15) is 0 Å². The van der Waals surface area contributed by atoms with Gasteiger partial charge in [-0.15, -0.1) is 0 Å². The van der Waals surface area contributed by atoms with Gasteiger partial charge in [0.2, 0.25) is 5.91 Å². The molecule has 0 saturated heterocycles. The largest absolute Gasteiger partial charge is 0.383 e. The zero-order valence-corrected chi connectivity index (χ0v) is 8.72. The van der Waals surface area contributed by atoms with Crippen molar-refractivity contribution in [3.63, 3.8) is 0 Å². The molecule has 0 bridgehead atoms. The fourth-order valence-corrected chi connectivity index (χ4v) is 0.883. The van der Waals surface area contributed by atoms with Gasteiger partial charge < -0.3 is 15.4 Å². The minimum atomic E-state index is -0.114. The van der Waals surface area contributed by atoms with Crippen LogP contribution in [0.5, 0.6) is 0 Å². The molecule has 2 N–H and O–H groups in total. The first-order valence-electron chi connectivity index (χ1n) is 4.72. The van der Waals surface area contributed by atoms with Gasteiger partial charge >= 0.3 is 0 Å². The van der Waals surface area contributed by atoms with Gasteiger partial charge in [-0.1, -0.05) is 6.92 Å². The maximum atomic E-state index is 11.3. The number of rotatable bonds is 7. The van der Waals surface area contributed by atoms with E-state index in [1.165, 1.54) is 0 Å². The van der Waals surface area contributed by atoms with Gasteiger partial charge in [0, 0.05) is 13.7 Å². The lowest BCUT2D eigenvalue weighted by Gasteiger charge is -2.12. The summed E-state index contributed by atoms with van der Waals surface area (Å²) in [6.07, 6.45) is 1.04. The number of ether oxygens (including phenoxy) is 1. The fraction of sp³-hybridized carbons (Fsp3) is 0.889. The van der Waals surface area contributed by atoms with Crippen molar-refractivity contribution in [2.24, 2.45) is 0 Å². The van der Waals surface area contributed by atoms with E-state index in [1.54, 1.807) is 7.11 Å². The fourth-order valence-electron chi connectivity index (χ4n) is 0.883. The van der Waals surface area contributed by atoms with E-state index in [4.69, 9.17) is 4.74 Å². The number of hydrogen-bond acceptors (Lipinski definition) is 3. The van der Waals surface area contributed by atoms with Gasteiger partial charge in [-0.3, -0.25) is 4.79 Å². The second-order valence-corrected chi connectivity index (χ2v) is 2.96. The van der Waals surface area contributed by atoms with Crippen LogP contribution in [-0.4, -0.2) is 38.8 Å². The van der Waals surface area contributed by atoms with E-state index >= 15 is 0 Å². The molecule has 78 valence electrons. The molecule has 0 heterocycles. The smallest absolute Gasteiger partial charge is 0.236 e. The Balaban J connectivity index is 3.45. The predicted molar refractivity (Wildman–Crippen MR) is 52.6 cm³/mol. The molecule has 1 amide bonds. The van der Waals surface area contributed by atoms with Crippen molar-refractivity contribution in [1.29, 1.82) is 0 Å². The van der Waals surface area contributed by atoms with Crippen LogP contribution in [0.4, 0.5) is 0 Å². The summed E-state index contributed by atoms with van der Waals surface area (Å²) >= 11 is 0. The average Bonchev–Trinajstić information content (AvgIpc) is 2.14. The first-order chi connectivity index (χ1) is 6.22. The van der Waals surface area contributed by atoms with E-state index < -0.39 is 0 Å².